The van der Waals surface area contributed by atoms with Crippen molar-refractivity contribution in [1.29, 1.82) is 0 Å². The maximum Gasteiger partial charge on any atom is 0.0417 e. The zero-order chi connectivity index (χ0) is 13.1. The van der Waals surface area contributed by atoms with Crippen molar-refractivity contribution in [3.8, 4) is 0 Å². The van der Waals surface area contributed by atoms with Gasteiger partial charge < -0.3 is 5.32 Å². The molecule has 0 bridgehead atoms. The molecule has 0 radical (unpaired) electrons. The molecule has 3 heterocycles. The monoisotopic (exact) mass is 295 g/mol. The van der Waals surface area contributed by atoms with E-state index in [1.165, 1.54) is 56.6 Å². The predicted molar refractivity (Wildman–Crippen MR) is 85.2 cm³/mol. The van der Waals surface area contributed by atoms with E-state index in [1.807, 2.05) is 6.20 Å². The first-order valence-corrected chi connectivity index (χ1v) is 7.69. The molecule has 2 aliphatic heterocycles. The number of aryl methyl sites for hydroxylation is 1. The molecule has 0 aliphatic carbocycles. The van der Waals surface area contributed by atoms with Gasteiger partial charge in [-0.2, -0.15) is 0 Å². The van der Waals surface area contributed by atoms with E-state index in [9.17, 15) is 0 Å². The van der Waals surface area contributed by atoms with Crippen LogP contribution in [0, 0.1) is 12.8 Å². The second-order valence-electron chi connectivity index (χ2n) is 6.06. The van der Waals surface area contributed by atoms with Crippen LogP contribution >= 0.6 is 12.4 Å². The molecule has 4 heteroatoms. The molecule has 3 rings (SSSR count). The highest BCUT2D eigenvalue weighted by molar-refractivity contribution is 5.85. The summed E-state index contributed by atoms with van der Waals surface area (Å²) >= 11 is 0. The molecule has 1 aromatic rings. The second-order valence-corrected chi connectivity index (χ2v) is 6.06. The molecule has 20 heavy (non-hydrogen) atoms. The minimum Gasteiger partial charge on any atom is -0.314 e. The van der Waals surface area contributed by atoms with Gasteiger partial charge in [-0.3, -0.25) is 9.88 Å². The molecule has 1 N–H and O–H groups in total. The third kappa shape index (κ3) is 3.72. The van der Waals surface area contributed by atoms with Gasteiger partial charge in [-0.1, -0.05) is 6.07 Å². The number of nitrogens with zero attached hydrogens (tertiary/aromatic N) is 2. The van der Waals surface area contributed by atoms with E-state index >= 15 is 0 Å². The third-order valence-corrected chi connectivity index (χ3v) is 4.81. The van der Waals surface area contributed by atoms with Crippen molar-refractivity contribution in [2.24, 2.45) is 5.92 Å². The second kappa shape index (κ2) is 7.39. The summed E-state index contributed by atoms with van der Waals surface area (Å²) in [6.45, 7) is 6.92. The number of nitrogens with one attached hydrogen (secondary N) is 1. The molecule has 1 atom stereocenters. The van der Waals surface area contributed by atoms with Gasteiger partial charge >= 0.3 is 0 Å². The zero-order valence-corrected chi connectivity index (χ0v) is 13.2. The average Bonchev–Trinajstić information content (AvgIpc) is 2.96. The van der Waals surface area contributed by atoms with Gasteiger partial charge in [0.25, 0.3) is 0 Å². The normalized spacial score (nSPS) is 24.6. The van der Waals surface area contributed by atoms with Gasteiger partial charge in [-0.15, -0.1) is 12.4 Å². The highest BCUT2D eigenvalue weighted by atomic mass is 35.5. The number of aromatic nitrogens is 1. The summed E-state index contributed by atoms with van der Waals surface area (Å²) < 4.78 is 0. The van der Waals surface area contributed by atoms with Crippen molar-refractivity contribution >= 4 is 12.4 Å². The van der Waals surface area contributed by atoms with E-state index in [4.69, 9.17) is 0 Å². The van der Waals surface area contributed by atoms with E-state index in [0.717, 1.165) is 18.5 Å². The van der Waals surface area contributed by atoms with Gasteiger partial charge in [0.15, 0.2) is 0 Å². The minimum absolute atomic E-state index is 0. The Morgan fingerprint density at radius 1 is 1.30 bits per heavy atom. The fourth-order valence-electron chi connectivity index (χ4n) is 3.55. The summed E-state index contributed by atoms with van der Waals surface area (Å²) in [6, 6.07) is 5.08. The molecular formula is C16H26ClN3. The van der Waals surface area contributed by atoms with E-state index < -0.39 is 0 Å². The molecule has 0 spiro atoms. The van der Waals surface area contributed by atoms with Gasteiger partial charge in [0, 0.05) is 24.5 Å². The van der Waals surface area contributed by atoms with E-state index in [1.54, 1.807) is 0 Å². The smallest absolute Gasteiger partial charge is 0.0417 e. The Bertz CT molecular complexity index is 410. The first-order chi connectivity index (χ1) is 9.33. The van der Waals surface area contributed by atoms with Crippen LogP contribution in [0.4, 0.5) is 0 Å². The van der Waals surface area contributed by atoms with Crippen molar-refractivity contribution in [3.63, 3.8) is 0 Å². The summed E-state index contributed by atoms with van der Waals surface area (Å²) in [5.74, 6) is 0.911. The molecular weight excluding hydrogens is 270 g/mol. The SMILES string of the molecule is Cc1ncccc1CN1CCC(C2CCCN2)CC1.Cl. The standard InChI is InChI=1S/C16H25N3.ClH/c1-13-15(4-2-8-17-13)12-19-10-6-14(7-11-19)16-5-3-9-18-16;/h2,4,8,14,16,18H,3,5-7,9-12H2,1H3;1H. The van der Waals surface area contributed by atoms with E-state index in [-0.39, 0.29) is 12.4 Å². The summed E-state index contributed by atoms with van der Waals surface area (Å²) in [4.78, 5) is 6.98. The van der Waals surface area contributed by atoms with Gasteiger partial charge in [0.1, 0.15) is 0 Å². The Hall–Kier alpha value is -0.640. The third-order valence-electron chi connectivity index (χ3n) is 4.81. The van der Waals surface area contributed by atoms with Crippen LogP contribution in [-0.2, 0) is 6.54 Å². The molecule has 2 saturated heterocycles. The Kier molecular flexibility index (Phi) is 5.82. The van der Waals surface area contributed by atoms with Crippen LogP contribution in [0.3, 0.4) is 0 Å². The lowest BCUT2D eigenvalue weighted by Gasteiger charge is -2.35. The van der Waals surface area contributed by atoms with Gasteiger partial charge in [-0.05, 0) is 69.8 Å². The number of halogens is 1. The minimum atomic E-state index is 0. The topological polar surface area (TPSA) is 28.2 Å². The summed E-state index contributed by atoms with van der Waals surface area (Å²) in [5.41, 5.74) is 2.57. The van der Waals surface area contributed by atoms with Gasteiger partial charge in [-0.25, -0.2) is 0 Å². The van der Waals surface area contributed by atoms with E-state index in [2.05, 4.69) is 34.3 Å². The average molecular weight is 296 g/mol. The summed E-state index contributed by atoms with van der Waals surface area (Å²) in [5, 5.41) is 3.67. The lowest BCUT2D eigenvalue weighted by molar-refractivity contribution is 0.157. The van der Waals surface area contributed by atoms with Crippen LogP contribution in [0.1, 0.15) is 36.9 Å². The lowest BCUT2D eigenvalue weighted by atomic mass is 9.88. The first-order valence-electron chi connectivity index (χ1n) is 7.69. The lowest BCUT2D eigenvalue weighted by Crippen LogP contribution is -2.40. The molecule has 0 aromatic carbocycles. The van der Waals surface area contributed by atoms with Crippen molar-refractivity contribution in [2.75, 3.05) is 19.6 Å². The van der Waals surface area contributed by atoms with Crippen LogP contribution in [0.2, 0.25) is 0 Å². The number of hydrogen-bond donors (Lipinski definition) is 1. The molecule has 0 amide bonds. The quantitative estimate of drug-likeness (QED) is 0.929. The number of hydrogen-bond acceptors (Lipinski definition) is 3. The van der Waals surface area contributed by atoms with Crippen LogP contribution in [-0.4, -0.2) is 35.6 Å². The molecule has 2 aliphatic rings. The van der Waals surface area contributed by atoms with Gasteiger partial charge in [0.2, 0.25) is 0 Å². The van der Waals surface area contributed by atoms with Crippen molar-refractivity contribution in [2.45, 2.75) is 45.2 Å². The fourth-order valence-corrected chi connectivity index (χ4v) is 3.55. The Balaban J connectivity index is 0.00000147. The van der Waals surface area contributed by atoms with Crippen molar-refractivity contribution in [1.82, 2.24) is 15.2 Å². The van der Waals surface area contributed by atoms with Crippen LogP contribution in [0.25, 0.3) is 0 Å². The van der Waals surface area contributed by atoms with Crippen LogP contribution in [0.5, 0.6) is 0 Å². The van der Waals surface area contributed by atoms with Gasteiger partial charge in [0.05, 0.1) is 0 Å². The highest BCUT2D eigenvalue weighted by Crippen LogP contribution is 2.26. The molecule has 0 saturated carbocycles. The fraction of sp³-hybridized carbons (Fsp3) is 0.688. The number of pyridine rings is 1. The molecule has 1 aromatic heterocycles. The number of rotatable bonds is 3. The first kappa shape index (κ1) is 15.7. The maximum atomic E-state index is 4.39. The Morgan fingerprint density at radius 2 is 2.10 bits per heavy atom. The Morgan fingerprint density at radius 3 is 2.75 bits per heavy atom. The largest absolute Gasteiger partial charge is 0.314 e. The molecule has 1 unspecified atom stereocenters. The molecule has 3 nitrogen and oxygen atoms in total. The molecule has 2 fully saturated rings. The predicted octanol–water partition coefficient (Wildman–Crippen LogP) is 2.78. The number of piperidine rings is 1. The van der Waals surface area contributed by atoms with Crippen molar-refractivity contribution < 1.29 is 0 Å². The highest BCUT2D eigenvalue weighted by Gasteiger charge is 2.28. The van der Waals surface area contributed by atoms with Crippen LogP contribution < -0.4 is 5.32 Å². The summed E-state index contributed by atoms with van der Waals surface area (Å²) in [7, 11) is 0. The molecule has 112 valence electrons. The Labute approximate surface area is 128 Å². The maximum absolute atomic E-state index is 4.39. The van der Waals surface area contributed by atoms with E-state index in [0.29, 0.717) is 0 Å². The van der Waals surface area contributed by atoms with Crippen molar-refractivity contribution in [3.05, 3.63) is 29.6 Å². The van der Waals surface area contributed by atoms with Crippen LogP contribution in [0.15, 0.2) is 18.3 Å². The number of likely N-dealkylation sites (tertiary alicyclic amines) is 1. The zero-order valence-electron chi connectivity index (χ0n) is 12.3. The summed E-state index contributed by atoms with van der Waals surface area (Å²) in [6.07, 6.45) is 7.37.